The number of hydrogen-bond acceptors (Lipinski definition) is 27. The molecule has 41 nitrogen and oxygen atoms in total. The van der Waals surface area contributed by atoms with Crippen LogP contribution in [0.2, 0.25) is 0 Å². The monoisotopic (exact) mass is 1780 g/mol. The van der Waals surface area contributed by atoms with Crippen molar-refractivity contribution in [1.29, 1.82) is 0 Å². The number of unbranched alkanes of at least 4 members (excludes halogenated alkanes) is 10. The number of ether oxygens (including phenoxy) is 2. The smallest absolute Gasteiger partial charge is 0.373 e. The first-order valence-corrected chi connectivity index (χ1v) is 42.0. The number of carboxylic acid groups (broad SMARTS) is 2. The topological polar surface area (TPSA) is 660 Å². The number of hydrogen-bond donors (Lipinski definition) is 16. The predicted molar refractivity (Wildman–Crippen MR) is 450 cm³/mol. The number of aliphatic hydroxyl groups excluding tert-OH is 1. The maximum Gasteiger partial charge on any atom is 0.373 e. The third-order valence-electron chi connectivity index (χ3n) is 20.6. The molecule has 1 aromatic heterocycles. The van der Waals surface area contributed by atoms with Gasteiger partial charge in [-0.25, -0.2) is 4.79 Å². The minimum atomic E-state index is -2.34. The van der Waals surface area contributed by atoms with Crippen LogP contribution in [0.4, 0.5) is 5.69 Å². The fourth-order valence-electron chi connectivity index (χ4n) is 13.5. The number of aromatic amines is 1. The number of nitrogen functional groups attached to an aromatic ring is 1. The van der Waals surface area contributed by atoms with E-state index in [1.165, 1.54) is 52.0 Å². The molecule has 3 aromatic rings. The number of amides is 11. The van der Waals surface area contributed by atoms with Crippen LogP contribution in [0.15, 0.2) is 67.4 Å². The zero-order chi connectivity index (χ0) is 95.4. The molecule has 0 radical (unpaired) electrons. The van der Waals surface area contributed by atoms with E-state index in [0.717, 1.165) is 64.7 Å². The van der Waals surface area contributed by atoms with Crippen molar-refractivity contribution >= 4 is 141 Å². The molecule has 2 aromatic carbocycles. The summed E-state index contributed by atoms with van der Waals surface area (Å²) >= 11 is 0. The fourth-order valence-corrected chi connectivity index (χ4v) is 13.5. The highest BCUT2D eigenvalue weighted by atomic mass is 16.5. The number of aliphatic carboxylic acids is 2. The summed E-state index contributed by atoms with van der Waals surface area (Å²) in [6, 6.07) is -1.58. The average molecular weight is 1780 g/mol. The second-order valence-corrected chi connectivity index (χ2v) is 31.0. The molecule has 127 heavy (non-hydrogen) atoms. The zero-order valence-electron chi connectivity index (χ0n) is 72.6. The minimum absolute atomic E-state index is 0.0138. The van der Waals surface area contributed by atoms with Crippen LogP contribution in [0.1, 0.15) is 218 Å². The summed E-state index contributed by atoms with van der Waals surface area (Å²) < 4.78 is 11.4. The number of primary amides is 1. The van der Waals surface area contributed by atoms with Crippen molar-refractivity contribution in [2.45, 2.75) is 270 Å². The van der Waals surface area contributed by atoms with Gasteiger partial charge in [-0.05, 0) is 102 Å². The number of para-hydroxylation sites is 2. The van der Waals surface area contributed by atoms with Gasteiger partial charge in [0.05, 0.1) is 56.6 Å². The van der Waals surface area contributed by atoms with Gasteiger partial charge in [0, 0.05) is 91.6 Å². The fraction of sp³-hybridized carbons (Fsp3) is 0.570. The van der Waals surface area contributed by atoms with Crippen LogP contribution in [-0.2, 0) is 121 Å². The third kappa shape index (κ3) is 42.5. The second-order valence-electron chi connectivity index (χ2n) is 31.0. The lowest BCUT2D eigenvalue weighted by atomic mass is 9.84. The molecule has 2 unspecified atom stereocenters. The Morgan fingerprint density at radius 2 is 1.20 bits per heavy atom. The molecule has 698 valence electrons. The molecule has 1 saturated heterocycles. The Bertz CT molecular complexity index is 4330. The summed E-state index contributed by atoms with van der Waals surface area (Å²) in [6.45, 7) is 10.4. The number of cyclic esters (lactones) is 1. The molecule has 11 amide bonds. The Morgan fingerprint density at radius 3 is 1.82 bits per heavy atom. The summed E-state index contributed by atoms with van der Waals surface area (Å²) in [5.41, 5.74) is 12.7. The van der Waals surface area contributed by atoms with Crippen molar-refractivity contribution in [1.82, 2.24) is 58.2 Å². The molecule has 0 aliphatic carbocycles. The molecule has 18 N–H and O–H groups in total. The first-order chi connectivity index (χ1) is 60.2. The number of aromatic nitrogens is 1. The van der Waals surface area contributed by atoms with E-state index in [1.807, 2.05) is 0 Å². The van der Waals surface area contributed by atoms with E-state index in [4.69, 9.17) is 40.1 Å². The van der Waals surface area contributed by atoms with E-state index >= 15 is 0 Å². The quantitative estimate of drug-likeness (QED) is 0.0126. The van der Waals surface area contributed by atoms with E-state index < -0.39 is 261 Å². The lowest BCUT2D eigenvalue weighted by Crippen LogP contribution is -2.57. The highest BCUT2D eigenvalue weighted by Crippen LogP contribution is 2.26. The van der Waals surface area contributed by atoms with Crippen LogP contribution >= 0.6 is 0 Å². The van der Waals surface area contributed by atoms with Gasteiger partial charge >= 0.3 is 36.2 Å². The molecule has 2 heterocycles. The van der Waals surface area contributed by atoms with Gasteiger partial charge in [0.2, 0.25) is 65.0 Å². The van der Waals surface area contributed by atoms with E-state index in [1.54, 1.807) is 43.5 Å². The van der Waals surface area contributed by atoms with Crippen LogP contribution in [0.25, 0.3) is 10.9 Å². The van der Waals surface area contributed by atoms with Gasteiger partial charge in [-0.15, -0.1) is 6.58 Å². The van der Waals surface area contributed by atoms with E-state index in [-0.39, 0.29) is 62.1 Å². The lowest BCUT2D eigenvalue weighted by molar-refractivity contribution is -0.193. The number of H-pyrrole nitrogens is 1. The first-order valence-electron chi connectivity index (χ1n) is 42.0. The second kappa shape index (κ2) is 59.7. The van der Waals surface area contributed by atoms with Gasteiger partial charge in [-0.2, -0.15) is 19.2 Å². The number of aliphatic hydroxyl groups is 1. The molecule has 1 fully saturated rings. The number of carbonyl (C=O) groups is 19. The van der Waals surface area contributed by atoms with Gasteiger partial charge in [-0.3, -0.25) is 86.3 Å². The van der Waals surface area contributed by atoms with Crippen LogP contribution < -0.4 is 64.6 Å². The van der Waals surface area contributed by atoms with Gasteiger partial charge < -0.3 is 94.4 Å². The molecule has 41 heteroatoms. The maximum atomic E-state index is 15.0. The van der Waals surface area contributed by atoms with Gasteiger partial charge in [0.1, 0.15) is 42.4 Å². The number of rotatable bonds is 41. The summed E-state index contributed by atoms with van der Waals surface area (Å²) in [7, 11) is 0. The van der Waals surface area contributed by atoms with Crippen LogP contribution in [0.3, 0.4) is 0 Å². The molecule has 4 rings (SSSR count). The SMILES string of the molecule is C=CCCCCCC(C)OC(=O)CCCC[C@@H]1NC(=O)CNC(=O)[C@@H](NC(=O)[C@H](CC(=O)O)CC(=O)[C@@H](CC(N)=O)NC(=O)[C@H](Cc2c[nH]c3ccccc23)NC(=O)CCCCCCCCC)[C@@H](C)OC(=O)[C@H](CC(=O)c2ccccc2N)NC(=O)[C@H](C(C)CC(=O)O)CC(=O)[C@@H](CO)NC(=O)CNC(=O)[C@H](C)NC(=O)[C@@H](C)NC(=O)[C@H](C)CC1=O.O=C=O.O=C=O. The van der Waals surface area contributed by atoms with Gasteiger partial charge in [-0.1, -0.05) is 109 Å². The lowest BCUT2D eigenvalue weighted by Gasteiger charge is -2.29. The Hall–Kier alpha value is -13.0. The molecule has 0 saturated carbocycles. The Labute approximate surface area is 733 Å². The Morgan fingerprint density at radius 1 is 0.622 bits per heavy atom. The molecule has 1 aliphatic rings. The molecular weight excluding hydrogens is 1660 g/mol. The van der Waals surface area contributed by atoms with Crippen LogP contribution in [0.5, 0.6) is 0 Å². The number of anilines is 1. The third-order valence-corrected chi connectivity index (χ3v) is 20.6. The highest BCUT2D eigenvalue weighted by Gasteiger charge is 2.41. The average Bonchev–Trinajstić information content (AvgIpc) is 1.74. The number of nitrogens with one attached hydrogen (secondary N) is 11. The number of carbonyl (C=O) groups excluding carboxylic acids is 21. The maximum absolute atomic E-state index is 15.0. The minimum Gasteiger partial charge on any atom is -0.481 e. The highest BCUT2D eigenvalue weighted by molar-refractivity contribution is 6.05. The first kappa shape index (κ1) is 110. The number of esters is 2. The number of nitrogens with two attached hydrogens (primary N) is 2. The van der Waals surface area contributed by atoms with Crippen LogP contribution in [-0.4, -0.2) is 225 Å². The predicted octanol–water partition coefficient (Wildman–Crippen LogP) is 1.46. The normalized spacial score (nSPS) is 20.3. The summed E-state index contributed by atoms with van der Waals surface area (Å²) in [6.07, 6.45) is 4.33. The van der Waals surface area contributed by atoms with Crippen molar-refractivity contribution in [3.8, 4) is 0 Å². The number of ketones is 4. The van der Waals surface area contributed by atoms with Crippen LogP contribution in [0, 0.1) is 23.7 Å². The van der Waals surface area contributed by atoms with Crippen molar-refractivity contribution in [3.63, 3.8) is 0 Å². The van der Waals surface area contributed by atoms with Crippen molar-refractivity contribution in [2.75, 3.05) is 25.4 Å². The number of fused-ring (bicyclic) bond motifs is 1. The Balaban J connectivity index is 0.00000883. The zero-order valence-corrected chi connectivity index (χ0v) is 72.6. The van der Waals surface area contributed by atoms with Crippen molar-refractivity contribution in [3.05, 3.63) is 78.5 Å². The Kier molecular flexibility index (Phi) is 51.8. The van der Waals surface area contributed by atoms with Gasteiger partial charge in [0.25, 0.3) is 0 Å². The summed E-state index contributed by atoms with van der Waals surface area (Å²) in [5.74, 6) is -27.9. The molecule has 1 aliphatic heterocycles. The van der Waals surface area contributed by atoms with E-state index in [0.29, 0.717) is 35.7 Å². The number of Topliss-reactive ketones (excluding diaryl/α,β-unsaturated/α-hetero) is 4. The molecule has 0 spiro atoms. The number of allylic oxidation sites excluding steroid dienone is 1. The number of benzene rings is 2. The van der Waals surface area contributed by atoms with Gasteiger partial charge in [0.15, 0.2) is 23.1 Å². The summed E-state index contributed by atoms with van der Waals surface area (Å²) in [4.78, 5) is 300. The van der Waals surface area contributed by atoms with E-state index in [9.17, 15) is 106 Å². The standard InChI is InChI=1S/C84H121N13O24.2CO2/c1-9-11-13-15-16-18-20-33-70(104)93-62(37-54-43-87-59-31-24-22-28-55(54)59)82(117)95-61(42-69(86)103)67(101)38-53(39-74(109)110)80(115)97-76-52(8)121-84(119)63(41-65(99)56-29-21-23-30-58(56)85)96-81(116)57(47(3)36-73(107)108)40-68(102)64(46-98)94-72(106)44-88-78(113)50(6)91-79(114)51(7)90-77(112)48(4)35-66(100)60(92-71(105)45-89-83(76)118)32-25-26-34-75(111)120-49(5)27-19-17-14-12-10-2;2*2-1-3/h10,21-24,28-31,43,47-53,57,60-64,76,87,98H,2,9,11-20,25-27,32-42,44-46,85H2,1,3-8H3,(H2,86,103)(H,88,113)(H,89,118)(H,90,112)(H,91,114)(H,92,105)(H,93,104)(H,94,106)(H,95,117)(H,96,116)(H,97,115)(H,107,108)(H,109,110);;/t47?,48-,49?,50+,51-,52-,53+,57+,60+,61-,62+,63+,64-,76+;;/m1../s1. The summed E-state index contributed by atoms with van der Waals surface area (Å²) in [5, 5.41) is 55.1. The van der Waals surface area contributed by atoms with Crippen molar-refractivity contribution in [2.24, 2.45) is 29.4 Å². The number of carboxylic acids is 2. The molecular formula is C86H121N13O28. The van der Waals surface area contributed by atoms with E-state index in [2.05, 4.69) is 71.7 Å². The molecule has 0 bridgehead atoms. The van der Waals surface area contributed by atoms with Crippen molar-refractivity contribution < 1.29 is 135 Å². The largest absolute Gasteiger partial charge is 0.481 e. The molecule has 14 atom stereocenters.